The van der Waals surface area contributed by atoms with Crippen LogP contribution in [0.2, 0.25) is 0 Å². The van der Waals surface area contributed by atoms with Crippen LogP contribution in [0.25, 0.3) is 12.2 Å². The molecule has 2 aromatic heterocycles. The number of nitrogens with two attached hydrogens (primary N) is 1. The van der Waals surface area contributed by atoms with Gasteiger partial charge in [0.05, 0.1) is 12.7 Å². The molecule has 0 bridgehead atoms. The van der Waals surface area contributed by atoms with Gasteiger partial charge in [0.15, 0.2) is 5.03 Å². The van der Waals surface area contributed by atoms with Crippen LogP contribution >= 0.6 is 0 Å². The number of nitrogens with zero attached hydrogens (tertiary/aromatic N) is 3. The standard InChI is InChI=1S/C27H31N5O4S/c1-18-15-27(2,3)32(17-18)25-22(26(33)31-37(34,35)24-7-5-6-23(28)30-24)14-20(16-29-25)9-8-19-10-12-21(36-4)13-11-19/h5-14,16,18H,15,17H2,1-4H3,(H2,28,30)(H,31,33). The second-order valence-corrected chi connectivity index (χ2v) is 11.4. The molecule has 1 saturated heterocycles. The first kappa shape index (κ1) is 26.2. The zero-order chi connectivity index (χ0) is 26.8. The van der Waals surface area contributed by atoms with Crippen molar-refractivity contribution in [3.8, 4) is 5.75 Å². The van der Waals surface area contributed by atoms with Crippen LogP contribution in [0, 0.1) is 5.92 Å². The van der Waals surface area contributed by atoms with Gasteiger partial charge in [-0.15, -0.1) is 0 Å². The van der Waals surface area contributed by atoms with Crippen LogP contribution in [-0.4, -0.2) is 43.5 Å². The number of hydrogen-bond donors (Lipinski definition) is 2. The lowest BCUT2D eigenvalue weighted by Crippen LogP contribution is -2.41. The van der Waals surface area contributed by atoms with Gasteiger partial charge < -0.3 is 15.4 Å². The molecule has 0 saturated carbocycles. The Balaban J connectivity index is 1.71. The van der Waals surface area contributed by atoms with Crippen molar-refractivity contribution in [2.24, 2.45) is 5.92 Å². The lowest BCUT2D eigenvalue weighted by Gasteiger charge is -2.33. The van der Waals surface area contributed by atoms with Gasteiger partial charge in [-0.1, -0.05) is 37.3 Å². The maximum absolute atomic E-state index is 13.4. The van der Waals surface area contributed by atoms with Crippen LogP contribution in [0.5, 0.6) is 5.75 Å². The first-order chi connectivity index (χ1) is 17.5. The van der Waals surface area contributed by atoms with Crippen molar-refractivity contribution in [2.75, 3.05) is 24.3 Å². The molecular formula is C27H31N5O4S. The third kappa shape index (κ3) is 5.91. The van der Waals surface area contributed by atoms with Crippen LogP contribution in [0.15, 0.2) is 59.8 Å². The van der Waals surface area contributed by atoms with Crippen molar-refractivity contribution in [1.29, 1.82) is 0 Å². The average Bonchev–Trinajstić information content (AvgIpc) is 3.14. The smallest absolute Gasteiger partial charge is 0.281 e. The number of ether oxygens (including phenoxy) is 1. The van der Waals surface area contributed by atoms with Crippen molar-refractivity contribution in [3.63, 3.8) is 0 Å². The lowest BCUT2D eigenvalue weighted by atomic mass is 9.97. The average molecular weight is 522 g/mol. The van der Waals surface area contributed by atoms with E-state index in [2.05, 4.69) is 40.4 Å². The van der Waals surface area contributed by atoms with Gasteiger partial charge in [-0.3, -0.25) is 4.79 Å². The largest absolute Gasteiger partial charge is 0.497 e. The Hall–Kier alpha value is -3.92. The highest BCUT2D eigenvalue weighted by molar-refractivity contribution is 7.90. The molecule has 1 unspecified atom stereocenters. The molecule has 0 aliphatic carbocycles. The summed E-state index contributed by atoms with van der Waals surface area (Å²) in [5, 5.41) is -0.332. The number of hydrogen-bond acceptors (Lipinski definition) is 8. The van der Waals surface area contributed by atoms with E-state index >= 15 is 0 Å². The van der Waals surface area contributed by atoms with Crippen molar-refractivity contribution in [3.05, 3.63) is 71.4 Å². The first-order valence-corrected chi connectivity index (χ1v) is 13.4. The monoisotopic (exact) mass is 521 g/mol. The van der Waals surface area contributed by atoms with Gasteiger partial charge in [0.2, 0.25) is 0 Å². The van der Waals surface area contributed by atoms with Crippen molar-refractivity contribution in [1.82, 2.24) is 14.7 Å². The Morgan fingerprint density at radius 1 is 1.16 bits per heavy atom. The Labute approximate surface area is 217 Å². The van der Waals surface area contributed by atoms with Gasteiger partial charge in [-0.2, -0.15) is 8.42 Å². The molecule has 0 radical (unpaired) electrons. The molecule has 1 atom stereocenters. The van der Waals surface area contributed by atoms with Crippen molar-refractivity contribution >= 4 is 39.7 Å². The molecule has 194 valence electrons. The minimum Gasteiger partial charge on any atom is -0.497 e. The van der Waals surface area contributed by atoms with E-state index in [0.29, 0.717) is 23.8 Å². The minimum atomic E-state index is -4.25. The Kier molecular flexibility index (Phi) is 7.22. The normalized spacial score (nSPS) is 17.2. The summed E-state index contributed by atoms with van der Waals surface area (Å²) in [5.74, 6) is 0.824. The molecule has 1 amide bonds. The quantitative estimate of drug-likeness (QED) is 0.478. The predicted octanol–water partition coefficient (Wildman–Crippen LogP) is 3.98. The zero-order valence-corrected chi connectivity index (χ0v) is 22.1. The van der Waals surface area contributed by atoms with E-state index < -0.39 is 15.9 Å². The number of nitrogens with one attached hydrogen (secondary N) is 1. The molecule has 9 nitrogen and oxygen atoms in total. The van der Waals surface area contributed by atoms with E-state index in [1.807, 2.05) is 36.4 Å². The van der Waals surface area contributed by atoms with Crippen molar-refractivity contribution in [2.45, 2.75) is 37.8 Å². The number of carbonyl (C=O) groups is 1. The van der Waals surface area contributed by atoms with Crippen LogP contribution < -0.4 is 20.1 Å². The summed E-state index contributed by atoms with van der Waals surface area (Å²) in [4.78, 5) is 24.0. The molecule has 1 aliphatic rings. The van der Waals surface area contributed by atoms with E-state index in [1.54, 1.807) is 19.4 Å². The van der Waals surface area contributed by atoms with Gasteiger partial charge in [-0.25, -0.2) is 14.7 Å². The van der Waals surface area contributed by atoms with Crippen LogP contribution in [0.3, 0.4) is 0 Å². The highest BCUT2D eigenvalue weighted by Gasteiger charge is 2.39. The maximum Gasteiger partial charge on any atom is 0.281 e. The van der Waals surface area contributed by atoms with Crippen LogP contribution in [-0.2, 0) is 10.0 Å². The summed E-state index contributed by atoms with van der Waals surface area (Å²) in [6, 6.07) is 13.4. The molecular weight excluding hydrogens is 490 g/mol. The van der Waals surface area contributed by atoms with Gasteiger partial charge in [-0.05, 0) is 67.6 Å². The molecule has 1 fully saturated rings. The Bertz CT molecular complexity index is 1440. The number of sulfonamides is 1. The molecule has 3 aromatic rings. The topological polar surface area (TPSA) is 128 Å². The van der Waals surface area contributed by atoms with E-state index in [0.717, 1.165) is 17.7 Å². The van der Waals surface area contributed by atoms with Crippen molar-refractivity contribution < 1.29 is 17.9 Å². The number of anilines is 2. The molecule has 0 spiro atoms. The summed E-state index contributed by atoms with van der Waals surface area (Å²) in [6.07, 6.45) is 6.30. The molecule has 1 aromatic carbocycles. The van der Waals surface area contributed by atoms with Gasteiger partial charge in [0, 0.05) is 18.3 Å². The number of nitrogen functional groups attached to an aromatic ring is 1. The second-order valence-electron chi connectivity index (χ2n) is 9.81. The fourth-order valence-corrected chi connectivity index (χ4v) is 5.57. The molecule has 10 heteroatoms. The van der Waals surface area contributed by atoms with E-state index in [4.69, 9.17) is 10.5 Å². The Morgan fingerprint density at radius 3 is 2.49 bits per heavy atom. The van der Waals surface area contributed by atoms with E-state index in [-0.39, 0.29) is 21.9 Å². The highest BCUT2D eigenvalue weighted by Crippen LogP contribution is 2.37. The zero-order valence-electron chi connectivity index (χ0n) is 21.3. The van der Waals surface area contributed by atoms with E-state index in [9.17, 15) is 13.2 Å². The summed E-state index contributed by atoms with van der Waals surface area (Å²) in [6.45, 7) is 7.02. The number of carbonyl (C=O) groups excluding carboxylic acids is 1. The predicted molar refractivity (Wildman–Crippen MR) is 145 cm³/mol. The number of amides is 1. The summed E-state index contributed by atoms with van der Waals surface area (Å²) < 4.78 is 33.2. The summed E-state index contributed by atoms with van der Waals surface area (Å²) in [7, 11) is -2.64. The number of rotatable bonds is 7. The Morgan fingerprint density at radius 2 is 1.86 bits per heavy atom. The molecule has 3 heterocycles. The van der Waals surface area contributed by atoms with Gasteiger partial charge in [0.1, 0.15) is 17.4 Å². The number of pyridine rings is 2. The molecule has 3 N–H and O–H groups in total. The SMILES string of the molecule is COc1ccc(C=Cc2cnc(N3CC(C)CC3(C)C)c(C(=O)NS(=O)(=O)c3cccc(N)n3)c2)cc1. The van der Waals surface area contributed by atoms with Crippen LogP contribution in [0.1, 0.15) is 48.7 Å². The number of benzene rings is 1. The number of methoxy groups -OCH3 is 1. The van der Waals surface area contributed by atoms with Gasteiger partial charge in [0.25, 0.3) is 15.9 Å². The minimum absolute atomic E-state index is 0.0381. The molecule has 37 heavy (non-hydrogen) atoms. The maximum atomic E-state index is 13.4. The van der Waals surface area contributed by atoms with Gasteiger partial charge >= 0.3 is 0 Å². The third-order valence-electron chi connectivity index (χ3n) is 6.29. The first-order valence-electron chi connectivity index (χ1n) is 11.9. The summed E-state index contributed by atoms with van der Waals surface area (Å²) in [5.41, 5.74) is 7.13. The van der Waals surface area contributed by atoms with E-state index in [1.165, 1.54) is 18.2 Å². The number of aromatic nitrogens is 2. The third-order valence-corrected chi connectivity index (χ3v) is 7.52. The lowest BCUT2D eigenvalue weighted by molar-refractivity contribution is 0.0981. The fraction of sp³-hybridized carbons (Fsp3) is 0.296. The molecule has 4 rings (SSSR count). The highest BCUT2D eigenvalue weighted by atomic mass is 32.2. The van der Waals surface area contributed by atoms with Crippen LogP contribution in [0.4, 0.5) is 11.6 Å². The summed E-state index contributed by atoms with van der Waals surface area (Å²) >= 11 is 0. The fourth-order valence-electron chi connectivity index (χ4n) is 4.62. The second kappa shape index (κ2) is 10.2. The molecule has 1 aliphatic heterocycles.